The highest BCUT2D eigenvalue weighted by Gasteiger charge is 2.17. The molecule has 8 heteroatoms. The van der Waals surface area contributed by atoms with Gasteiger partial charge < -0.3 is 29.6 Å². The van der Waals surface area contributed by atoms with Crippen molar-refractivity contribution in [1.29, 1.82) is 0 Å². The zero-order valence-corrected chi connectivity index (χ0v) is 14.3. The smallest absolute Gasteiger partial charge is 0.313 e. The Bertz CT molecular complexity index is 836. The Balaban J connectivity index is 1.57. The minimum Gasteiger partial charge on any atom is -0.493 e. The van der Waals surface area contributed by atoms with Crippen LogP contribution in [0.15, 0.2) is 36.4 Å². The molecule has 0 saturated heterocycles. The summed E-state index contributed by atoms with van der Waals surface area (Å²) in [6.07, 6.45) is 0. The van der Waals surface area contributed by atoms with Crippen LogP contribution in [0, 0.1) is 0 Å². The molecule has 3 rings (SSSR count). The molecule has 2 aromatic rings. The minimum atomic E-state index is -0.774. The van der Waals surface area contributed by atoms with Crippen molar-refractivity contribution in [1.82, 2.24) is 5.32 Å². The van der Waals surface area contributed by atoms with Crippen LogP contribution in [0.1, 0.15) is 5.56 Å². The van der Waals surface area contributed by atoms with E-state index in [1.807, 2.05) is 0 Å². The molecule has 2 N–H and O–H groups in total. The summed E-state index contributed by atoms with van der Waals surface area (Å²) in [5.74, 6) is 0.725. The van der Waals surface area contributed by atoms with E-state index in [0.717, 1.165) is 5.56 Å². The van der Waals surface area contributed by atoms with E-state index in [1.54, 1.807) is 43.5 Å². The number of methoxy groups -OCH3 is 2. The number of ether oxygens (including phenoxy) is 4. The van der Waals surface area contributed by atoms with Gasteiger partial charge in [-0.15, -0.1) is 0 Å². The molecule has 0 aliphatic carbocycles. The average molecular weight is 358 g/mol. The molecule has 8 nitrogen and oxygen atoms in total. The first-order valence-electron chi connectivity index (χ1n) is 7.80. The predicted molar refractivity (Wildman–Crippen MR) is 92.6 cm³/mol. The molecular weight excluding hydrogens is 340 g/mol. The lowest BCUT2D eigenvalue weighted by Gasteiger charge is -2.10. The number of amides is 2. The van der Waals surface area contributed by atoms with E-state index in [0.29, 0.717) is 28.7 Å². The fraction of sp³-hybridized carbons (Fsp3) is 0.222. The molecule has 0 bridgehead atoms. The number of hydrogen-bond acceptors (Lipinski definition) is 6. The topological polar surface area (TPSA) is 95.1 Å². The summed E-state index contributed by atoms with van der Waals surface area (Å²) in [5, 5.41) is 5.07. The van der Waals surface area contributed by atoms with Gasteiger partial charge >= 0.3 is 11.8 Å². The van der Waals surface area contributed by atoms with Crippen molar-refractivity contribution in [3.8, 4) is 23.0 Å². The molecule has 26 heavy (non-hydrogen) atoms. The molecule has 0 unspecified atom stereocenters. The second-order valence-corrected chi connectivity index (χ2v) is 5.39. The van der Waals surface area contributed by atoms with Crippen LogP contribution < -0.4 is 29.6 Å². The molecule has 0 spiro atoms. The van der Waals surface area contributed by atoms with Crippen molar-refractivity contribution in [2.24, 2.45) is 0 Å². The Morgan fingerprint density at radius 3 is 2.50 bits per heavy atom. The minimum absolute atomic E-state index is 0.137. The average Bonchev–Trinajstić information content (AvgIpc) is 3.13. The highest BCUT2D eigenvalue weighted by Crippen LogP contribution is 2.34. The van der Waals surface area contributed by atoms with Gasteiger partial charge in [0.25, 0.3) is 0 Å². The fourth-order valence-electron chi connectivity index (χ4n) is 2.42. The van der Waals surface area contributed by atoms with Gasteiger partial charge in [0.2, 0.25) is 6.79 Å². The zero-order valence-electron chi connectivity index (χ0n) is 14.3. The lowest BCUT2D eigenvalue weighted by molar-refractivity contribution is -0.136. The maximum atomic E-state index is 12.0. The normalized spacial score (nSPS) is 11.6. The Morgan fingerprint density at radius 2 is 1.73 bits per heavy atom. The Kier molecular flexibility index (Phi) is 5.12. The Hall–Kier alpha value is -3.42. The van der Waals surface area contributed by atoms with Gasteiger partial charge in [-0.1, -0.05) is 6.07 Å². The van der Waals surface area contributed by atoms with Gasteiger partial charge in [0.15, 0.2) is 23.0 Å². The molecule has 2 amide bonds. The standard InChI is InChI=1S/C18H18N2O6/c1-23-13-5-3-11(7-15(13)24-2)9-19-17(21)18(22)20-12-4-6-14-16(8-12)26-10-25-14/h3-8H,9-10H2,1-2H3,(H,19,21)(H,20,22). The molecule has 136 valence electrons. The third kappa shape index (κ3) is 3.80. The number of nitrogens with one attached hydrogen (secondary N) is 2. The van der Waals surface area contributed by atoms with E-state index in [-0.39, 0.29) is 13.3 Å². The molecule has 0 radical (unpaired) electrons. The van der Waals surface area contributed by atoms with Crippen LogP contribution in [0.4, 0.5) is 5.69 Å². The monoisotopic (exact) mass is 358 g/mol. The van der Waals surface area contributed by atoms with Crippen molar-refractivity contribution in [3.05, 3.63) is 42.0 Å². The molecule has 0 fully saturated rings. The quantitative estimate of drug-likeness (QED) is 0.790. The largest absolute Gasteiger partial charge is 0.493 e. The zero-order chi connectivity index (χ0) is 18.5. The summed E-state index contributed by atoms with van der Waals surface area (Å²) < 4.78 is 20.8. The number of hydrogen-bond donors (Lipinski definition) is 2. The van der Waals surface area contributed by atoms with Gasteiger partial charge in [-0.05, 0) is 29.8 Å². The fourth-order valence-corrected chi connectivity index (χ4v) is 2.42. The molecule has 1 aliphatic rings. The van der Waals surface area contributed by atoms with Crippen LogP contribution >= 0.6 is 0 Å². The van der Waals surface area contributed by atoms with E-state index < -0.39 is 11.8 Å². The second kappa shape index (κ2) is 7.64. The lowest BCUT2D eigenvalue weighted by atomic mass is 10.2. The Labute approximate surface area is 150 Å². The van der Waals surface area contributed by atoms with Crippen LogP contribution in [-0.2, 0) is 16.1 Å². The SMILES string of the molecule is COc1ccc(CNC(=O)C(=O)Nc2ccc3c(c2)OCO3)cc1OC. The van der Waals surface area contributed by atoms with E-state index in [4.69, 9.17) is 18.9 Å². The van der Waals surface area contributed by atoms with Gasteiger partial charge in [-0.2, -0.15) is 0 Å². The lowest BCUT2D eigenvalue weighted by Crippen LogP contribution is -2.34. The first kappa shape index (κ1) is 17.4. The summed E-state index contributed by atoms with van der Waals surface area (Å²) in [7, 11) is 3.07. The van der Waals surface area contributed by atoms with Crippen molar-refractivity contribution in [2.75, 3.05) is 26.3 Å². The summed E-state index contributed by atoms with van der Waals surface area (Å²) in [4.78, 5) is 24.0. The second-order valence-electron chi connectivity index (χ2n) is 5.39. The maximum Gasteiger partial charge on any atom is 0.313 e. The highest BCUT2D eigenvalue weighted by atomic mass is 16.7. The van der Waals surface area contributed by atoms with Crippen molar-refractivity contribution in [2.45, 2.75) is 6.54 Å². The van der Waals surface area contributed by atoms with Crippen molar-refractivity contribution >= 4 is 17.5 Å². The number of carbonyl (C=O) groups is 2. The van der Waals surface area contributed by atoms with Crippen LogP contribution in [0.5, 0.6) is 23.0 Å². The number of carbonyl (C=O) groups excluding carboxylic acids is 2. The number of benzene rings is 2. The van der Waals surface area contributed by atoms with E-state index in [9.17, 15) is 9.59 Å². The van der Waals surface area contributed by atoms with E-state index in [1.165, 1.54) is 7.11 Å². The van der Waals surface area contributed by atoms with Crippen LogP contribution in [0.25, 0.3) is 0 Å². The summed E-state index contributed by atoms with van der Waals surface area (Å²) in [6, 6.07) is 10.1. The first-order chi connectivity index (χ1) is 12.6. The molecule has 2 aromatic carbocycles. The van der Waals surface area contributed by atoms with Gasteiger partial charge in [0, 0.05) is 18.3 Å². The van der Waals surface area contributed by atoms with Crippen LogP contribution in [-0.4, -0.2) is 32.8 Å². The Morgan fingerprint density at radius 1 is 0.962 bits per heavy atom. The highest BCUT2D eigenvalue weighted by molar-refractivity contribution is 6.39. The third-order valence-electron chi connectivity index (χ3n) is 3.74. The molecule has 1 aliphatic heterocycles. The van der Waals surface area contributed by atoms with Gasteiger partial charge in [0.1, 0.15) is 0 Å². The van der Waals surface area contributed by atoms with Crippen molar-refractivity contribution in [3.63, 3.8) is 0 Å². The first-order valence-corrected chi connectivity index (χ1v) is 7.80. The van der Waals surface area contributed by atoms with Crippen molar-refractivity contribution < 1.29 is 28.5 Å². The van der Waals surface area contributed by atoms with Gasteiger partial charge in [0.05, 0.1) is 14.2 Å². The molecule has 0 aromatic heterocycles. The third-order valence-corrected chi connectivity index (χ3v) is 3.74. The number of fused-ring (bicyclic) bond motifs is 1. The van der Waals surface area contributed by atoms with Gasteiger partial charge in [-0.25, -0.2) is 0 Å². The molecule has 1 heterocycles. The number of rotatable bonds is 5. The van der Waals surface area contributed by atoms with Crippen LogP contribution in [0.2, 0.25) is 0 Å². The van der Waals surface area contributed by atoms with E-state index >= 15 is 0 Å². The maximum absolute atomic E-state index is 12.0. The summed E-state index contributed by atoms with van der Waals surface area (Å²) in [5.41, 5.74) is 1.22. The molecule has 0 saturated carbocycles. The summed E-state index contributed by atoms with van der Waals surface area (Å²) >= 11 is 0. The van der Waals surface area contributed by atoms with Crippen LogP contribution in [0.3, 0.4) is 0 Å². The summed E-state index contributed by atoms with van der Waals surface area (Å²) in [6.45, 7) is 0.312. The molecule has 0 atom stereocenters. The van der Waals surface area contributed by atoms with E-state index in [2.05, 4.69) is 10.6 Å². The predicted octanol–water partition coefficient (Wildman–Crippen LogP) is 1.69. The number of anilines is 1. The van der Waals surface area contributed by atoms with Gasteiger partial charge in [-0.3, -0.25) is 9.59 Å². The molecular formula is C18H18N2O6.